The fourth-order valence-electron chi connectivity index (χ4n) is 3.55. The number of thiazole rings is 1. The van der Waals surface area contributed by atoms with Gasteiger partial charge in [-0.3, -0.25) is 4.79 Å². The summed E-state index contributed by atoms with van der Waals surface area (Å²) in [6.07, 6.45) is 1.07. The number of carbonyl (C=O) groups excluding carboxylic acids is 2. The van der Waals surface area contributed by atoms with Crippen molar-refractivity contribution in [2.45, 2.75) is 45.2 Å². The highest BCUT2D eigenvalue weighted by atomic mass is 32.1. The van der Waals surface area contributed by atoms with E-state index in [1.54, 1.807) is 11.3 Å². The van der Waals surface area contributed by atoms with Gasteiger partial charge in [-0.15, -0.1) is 11.3 Å². The van der Waals surface area contributed by atoms with E-state index >= 15 is 0 Å². The lowest BCUT2D eigenvalue weighted by Crippen LogP contribution is -2.49. The fraction of sp³-hybridized carbons (Fsp3) is 0.320. The minimum absolute atomic E-state index is 0.296. The van der Waals surface area contributed by atoms with Crippen LogP contribution in [0.4, 0.5) is 10.5 Å². The molecule has 2 amide bonds. The quantitative estimate of drug-likeness (QED) is 0.414. The van der Waals surface area contributed by atoms with Gasteiger partial charge < -0.3 is 21.1 Å². The Labute approximate surface area is 198 Å². The first-order chi connectivity index (χ1) is 15.9. The summed E-state index contributed by atoms with van der Waals surface area (Å²) < 4.78 is 4.75. The summed E-state index contributed by atoms with van der Waals surface area (Å²) in [4.78, 5) is 31.2. The molecule has 2 unspecified atom stereocenters. The van der Waals surface area contributed by atoms with E-state index in [4.69, 9.17) is 15.5 Å². The molecule has 3 rings (SSSR count). The molecule has 4 N–H and O–H groups in total. The van der Waals surface area contributed by atoms with Crippen molar-refractivity contribution >= 4 is 29.0 Å². The van der Waals surface area contributed by atoms with Crippen molar-refractivity contribution in [3.05, 3.63) is 81.3 Å². The number of anilines is 1. The van der Waals surface area contributed by atoms with Gasteiger partial charge in [-0.05, 0) is 43.0 Å². The second kappa shape index (κ2) is 11.5. The van der Waals surface area contributed by atoms with Crippen LogP contribution in [0.3, 0.4) is 0 Å². The third-order valence-corrected chi connectivity index (χ3v) is 6.48. The molecular weight excluding hydrogens is 436 g/mol. The zero-order chi connectivity index (χ0) is 23.8. The van der Waals surface area contributed by atoms with Gasteiger partial charge in [-0.25, -0.2) is 9.78 Å². The van der Waals surface area contributed by atoms with E-state index in [2.05, 4.69) is 17.6 Å². The van der Waals surface area contributed by atoms with Crippen LogP contribution in [0, 0.1) is 6.92 Å². The Morgan fingerprint density at radius 3 is 2.30 bits per heavy atom. The number of methoxy groups -OCH3 is 1. The number of rotatable bonds is 9. The third-order valence-electron chi connectivity index (χ3n) is 5.35. The van der Waals surface area contributed by atoms with Gasteiger partial charge in [0.2, 0.25) is 5.91 Å². The topological polar surface area (TPSA) is 106 Å². The van der Waals surface area contributed by atoms with Crippen molar-refractivity contribution in [1.29, 1.82) is 0 Å². The molecule has 3 aromatic rings. The number of benzene rings is 2. The van der Waals surface area contributed by atoms with Crippen LogP contribution in [-0.4, -0.2) is 30.1 Å². The van der Waals surface area contributed by atoms with Crippen molar-refractivity contribution in [1.82, 2.24) is 15.6 Å². The van der Waals surface area contributed by atoms with Crippen molar-refractivity contribution in [2.24, 2.45) is 0 Å². The number of nitrogen functional groups attached to an aromatic ring is 1. The maximum absolute atomic E-state index is 13.4. The molecule has 0 fully saturated rings. The average molecular weight is 467 g/mol. The second-order valence-electron chi connectivity index (χ2n) is 7.79. The zero-order valence-electron chi connectivity index (χ0n) is 19.1. The average Bonchev–Trinajstić information content (AvgIpc) is 3.20. The smallest absolute Gasteiger partial charge is 0.407 e. The number of hydrogen-bond acceptors (Lipinski definition) is 6. The number of ether oxygens (including phenoxy) is 1. The molecular formula is C25H30N4O3S. The lowest BCUT2D eigenvalue weighted by atomic mass is 10.0. The molecule has 33 heavy (non-hydrogen) atoms. The van der Waals surface area contributed by atoms with Crippen LogP contribution in [0.5, 0.6) is 0 Å². The molecule has 2 atom stereocenters. The molecule has 1 aromatic heterocycles. The Morgan fingerprint density at radius 1 is 1.03 bits per heavy atom. The van der Waals surface area contributed by atoms with E-state index in [0.717, 1.165) is 33.1 Å². The molecule has 2 aromatic carbocycles. The van der Waals surface area contributed by atoms with Crippen LogP contribution in [0.25, 0.3) is 0 Å². The normalized spacial score (nSPS) is 12.6. The highest BCUT2D eigenvalue weighted by Gasteiger charge is 2.27. The lowest BCUT2D eigenvalue weighted by Gasteiger charge is -2.22. The summed E-state index contributed by atoms with van der Waals surface area (Å²) in [5.41, 5.74) is 9.50. The molecule has 0 bridgehead atoms. The molecule has 1 heterocycles. The van der Waals surface area contributed by atoms with Crippen molar-refractivity contribution in [3.8, 4) is 0 Å². The standard InChI is InChI=1S/C25H30N4O3S/c1-4-20-16(2)33-24(28-20)22(15-18-10-12-19(26)13-11-18)27-23(30)21(29-25(31)32-3)14-17-8-6-5-7-9-17/h5-13,21-22H,4,14-15,26H2,1-3H3,(H,27,30)(H,29,31). The molecule has 8 heteroatoms. The number of nitrogens with one attached hydrogen (secondary N) is 2. The summed E-state index contributed by atoms with van der Waals surface area (Å²) in [6.45, 7) is 4.11. The summed E-state index contributed by atoms with van der Waals surface area (Å²) in [6, 6.07) is 16.0. The predicted octanol–water partition coefficient (Wildman–Crippen LogP) is 3.96. The van der Waals surface area contributed by atoms with E-state index in [-0.39, 0.29) is 11.9 Å². The molecule has 0 saturated carbocycles. The number of nitrogens with zero attached hydrogens (tertiary/aromatic N) is 1. The first-order valence-corrected chi connectivity index (χ1v) is 11.7. The van der Waals surface area contributed by atoms with Gasteiger partial charge in [0, 0.05) is 17.0 Å². The highest BCUT2D eigenvalue weighted by molar-refractivity contribution is 7.11. The molecule has 0 radical (unpaired) electrons. The number of amides is 2. The van der Waals surface area contributed by atoms with E-state index < -0.39 is 12.1 Å². The van der Waals surface area contributed by atoms with Gasteiger partial charge in [0.1, 0.15) is 11.0 Å². The number of aromatic nitrogens is 1. The maximum Gasteiger partial charge on any atom is 0.407 e. The molecule has 174 valence electrons. The first-order valence-electron chi connectivity index (χ1n) is 10.9. The van der Waals surface area contributed by atoms with Crippen LogP contribution < -0.4 is 16.4 Å². The predicted molar refractivity (Wildman–Crippen MR) is 131 cm³/mol. The lowest BCUT2D eigenvalue weighted by molar-refractivity contribution is -0.123. The number of aryl methyl sites for hydroxylation is 2. The van der Waals surface area contributed by atoms with Gasteiger partial charge in [-0.2, -0.15) is 0 Å². The SMILES string of the molecule is CCc1nc(C(Cc2ccc(N)cc2)NC(=O)C(Cc2ccccc2)NC(=O)OC)sc1C. The number of hydrogen-bond donors (Lipinski definition) is 3. The Hall–Kier alpha value is -3.39. The van der Waals surface area contributed by atoms with E-state index in [1.807, 2.05) is 61.5 Å². The zero-order valence-corrected chi connectivity index (χ0v) is 19.9. The summed E-state index contributed by atoms with van der Waals surface area (Å²) >= 11 is 1.58. The van der Waals surface area contributed by atoms with Gasteiger partial charge in [0.05, 0.1) is 18.8 Å². The number of alkyl carbamates (subject to hydrolysis) is 1. The van der Waals surface area contributed by atoms with Crippen molar-refractivity contribution < 1.29 is 14.3 Å². The van der Waals surface area contributed by atoms with Crippen LogP contribution in [0.15, 0.2) is 54.6 Å². The van der Waals surface area contributed by atoms with Gasteiger partial charge in [0.25, 0.3) is 0 Å². The largest absolute Gasteiger partial charge is 0.453 e. The van der Waals surface area contributed by atoms with Gasteiger partial charge >= 0.3 is 6.09 Å². The highest BCUT2D eigenvalue weighted by Crippen LogP contribution is 2.27. The van der Waals surface area contributed by atoms with Crippen LogP contribution in [0.1, 0.15) is 39.7 Å². The van der Waals surface area contributed by atoms with Crippen LogP contribution in [0.2, 0.25) is 0 Å². The van der Waals surface area contributed by atoms with Crippen LogP contribution >= 0.6 is 11.3 Å². The Bertz CT molecular complexity index is 1070. The summed E-state index contributed by atoms with van der Waals surface area (Å²) in [5.74, 6) is -0.296. The van der Waals surface area contributed by atoms with E-state index in [9.17, 15) is 9.59 Å². The Morgan fingerprint density at radius 2 is 1.70 bits per heavy atom. The molecule has 0 aliphatic heterocycles. The minimum atomic E-state index is -0.791. The summed E-state index contributed by atoms with van der Waals surface area (Å²) in [5, 5.41) is 6.62. The molecule has 0 saturated heterocycles. The van der Waals surface area contributed by atoms with Crippen molar-refractivity contribution in [3.63, 3.8) is 0 Å². The third kappa shape index (κ3) is 6.79. The van der Waals surface area contributed by atoms with Crippen LogP contribution in [-0.2, 0) is 28.8 Å². The number of nitrogens with two attached hydrogens (primary N) is 1. The monoisotopic (exact) mass is 466 g/mol. The first kappa shape index (κ1) is 24.3. The van der Waals surface area contributed by atoms with E-state index in [1.165, 1.54) is 7.11 Å². The van der Waals surface area contributed by atoms with Gasteiger partial charge in [0.15, 0.2) is 0 Å². The Kier molecular flexibility index (Phi) is 8.43. The van der Waals surface area contributed by atoms with Gasteiger partial charge in [-0.1, -0.05) is 49.4 Å². The maximum atomic E-state index is 13.4. The second-order valence-corrected chi connectivity index (χ2v) is 9.03. The van der Waals surface area contributed by atoms with Crippen molar-refractivity contribution in [2.75, 3.05) is 12.8 Å². The Balaban J connectivity index is 1.86. The minimum Gasteiger partial charge on any atom is -0.453 e. The molecule has 0 aliphatic carbocycles. The summed E-state index contributed by atoms with van der Waals surface area (Å²) in [7, 11) is 1.28. The molecule has 7 nitrogen and oxygen atoms in total. The number of carbonyl (C=O) groups is 2. The molecule has 0 spiro atoms. The van der Waals surface area contributed by atoms with E-state index in [0.29, 0.717) is 18.5 Å². The fourth-order valence-corrected chi connectivity index (χ4v) is 4.61. The molecule has 0 aliphatic rings.